The first kappa shape index (κ1) is 22.3. The predicted octanol–water partition coefficient (Wildman–Crippen LogP) is 4.94. The highest BCUT2D eigenvalue weighted by molar-refractivity contribution is 5.89. The Hall–Kier alpha value is -1.91. The quantitative estimate of drug-likeness (QED) is 0.596. The minimum absolute atomic E-state index is 0.0173. The van der Waals surface area contributed by atoms with Gasteiger partial charge in [0.15, 0.2) is 11.4 Å². The van der Waals surface area contributed by atoms with Crippen molar-refractivity contribution in [2.45, 2.75) is 91.8 Å². The minimum Gasteiger partial charge on any atom is -0.458 e. The van der Waals surface area contributed by atoms with E-state index in [2.05, 4.69) is 32.9 Å². The molecule has 2 saturated carbocycles. The molecule has 5 nitrogen and oxygen atoms in total. The first-order valence-corrected chi connectivity index (χ1v) is 11.7. The fourth-order valence-corrected chi connectivity index (χ4v) is 7.92. The van der Waals surface area contributed by atoms with Crippen molar-refractivity contribution in [3.8, 4) is 0 Å². The fraction of sp³-hybridized carbons (Fsp3) is 0.731. The van der Waals surface area contributed by atoms with Crippen molar-refractivity contribution in [1.29, 1.82) is 0 Å². The van der Waals surface area contributed by atoms with Gasteiger partial charge in [0.1, 0.15) is 6.10 Å². The number of rotatable bonds is 3. The van der Waals surface area contributed by atoms with Crippen LogP contribution in [-0.2, 0) is 23.9 Å². The van der Waals surface area contributed by atoms with Gasteiger partial charge in [0.2, 0.25) is 0 Å². The lowest BCUT2D eigenvalue weighted by Crippen LogP contribution is -2.58. The minimum atomic E-state index is -1.000. The summed E-state index contributed by atoms with van der Waals surface area (Å²) in [5.41, 5.74) is 1.29. The van der Waals surface area contributed by atoms with E-state index < -0.39 is 5.60 Å². The van der Waals surface area contributed by atoms with Gasteiger partial charge in [-0.25, -0.2) is 0 Å². The first-order valence-electron chi connectivity index (χ1n) is 11.7. The molecular formula is C26H36O5. The Morgan fingerprint density at radius 1 is 0.903 bits per heavy atom. The summed E-state index contributed by atoms with van der Waals surface area (Å²) in [6.07, 6.45) is 9.69. The van der Waals surface area contributed by atoms with Crippen LogP contribution in [0.25, 0.3) is 0 Å². The van der Waals surface area contributed by atoms with E-state index in [4.69, 9.17) is 9.47 Å². The molecule has 0 radical (unpaired) electrons. The number of hydrogen-bond acceptors (Lipinski definition) is 5. The summed E-state index contributed by atoms with van der Waals surface area (Å²) in [5, 5.41) is 0. The molecule has 0 heterocycles. The Morgan fingerprint density at radius 3 is 2.19 bits per heavy atom. The summed E-state index contributed by atoms with van der Waals surface area (Å²) in [5.74, 6) is 0.550. The Labute approximate surface area is 185 Å². The third-order valence-electron chi connectivity index (χ3n) is 9.26. The lowest BCUT2D eigenvalue weighted by molar-refractivity contribution is -0.185. The second kappa shape index (κ2) is 7.31. The standard InChI is InChI=1S/C26H36O5/c1-15-13-20-21(24(5)10-7-19(14-23(15)24)30-17(3)28)8-11-25(6)22(20)9-12-26(25,16(2)27)31-18(4)29/h13-14,19-22H,7-12H2,1-6H3/t19-,20-,21-,22-,24+,25-,26-/m0/s1. The fourth-order valence-electron chi connectivity index (χ4n) is 7.92. The molecule has 0 spiro atoms. The van der Waals surface area contributed by atoms with Crippen LogP contribution in [0.5, 0.6) is 0 Å². The van der Waals surface area contributed by atoms with Crippen molar-refractivity contribution in [2.75, 3.05) is 0 Å². The van der Waals surface area contributed by atoms with Crippen LogP contribution < -0.4 is 0 Å². The van der Waals surface area contributed by atoms with Gasteiger partial charge >= 0.3 is 11.9 Å². The molecule has 0 bridgehead atoms. The van der Waals surface area contributed by atoms with Gasteiger partial charge in [-0.15, -0.1) is 0 Å². The van der Waals surface area contributed by atoms with E-state index in [-0.39, 0.29) is 34.7 Å². The molecule has 170 valence electrons. The third-order valence-corrected chi connectivity index (χ3v) is 9.26. The molecule has 0 aromatic heterocycles. The van der Waals surface area contributed by atoms with Crippen molar-refractivity contribution in [1.82, 2.24) is 0 Å². The van der Waals surface area contributed by atoms with Gasteiger partial charge in [0.05, 0.1) is 0 Å². The number of Topliss-reactive ketones (excluding diaryl/α,β-unsaturated/α-hetero) is 1. The topological polar surface area (TPSA) is 69.7 Å². The van der Waals surface area contributed by atoms with Crippen LogP contribution in [0.1, 0.15) is 80.1 Å². The maximum absolute atomic E-state index is 12.9. The summed E-state index contributed by atoms with van der Waals surface area (Å²) >= 11 is 0. The van der Waals surface area contributed by atoms with Crippen molar-refractivity contribution in [3.05, 3.63) is 23.3 Å². The summed E-state index contributed by atoms with van der Waals surface area (Å²) in [4.78, 5) is 36.3. The van der Waals surface area contributed by atoms with E-state index in [0.29, 0.717) is 24.2 Å². The summed E-state index contributed by atoms with van der Waals surface area (Å²) in [7, 11) is 0. The molecule has 4 aliphatic rings. The molecule has 0 aromatic rings. The van der Waals surface area contributed by atoms with Crippen molar-refractivity contribution < 1.29 is 23.9 Å². The number of carbonyl (C=O) groups excluding carboxylic acids is 3. The van der Waals surface area contributed by atoms with E-state index >= 15 is 0 Å². The van der Waals surface area contributed by atoms with E-state index in [0.717, 1.165) is 32.1 Å². The number of ketones is 1. The van der Waals surface area contributed by atoms with E-state index in [9.17, 15) is 14.4 Å². The highest BCUT2D eigenvalue weighted by atomic mass is 16.6. The highest BCUT2D eigenvalue weighted by Crippen LogP contribution is 2.68. The zero-order chi connectivity index (χ0) is 22.8. The number of fused-ring (bicyclic) bond motifs is 5. The smallest absolute Gasteiger partial charge is 0.303 e. The second-order valence-corrected chi connectivity index (χ2v) is 10.8. The normalized spacial score (nSPS) is 43.5. The summed E-state index contributed by atoms with van der Waals surface area (Å²) < 4.78 is 11.4. The average Bonchev–Trinajstić information content (AvgIpc) is 2.96. The SMILES string of the molecule is CC(=O)O[C@@H]1C=C2C(C)=C[C@H]3[C@H](CC[C@@]4(C)[C@H]3CC[C@]4(OC(C)=O)C(C)=O)[C@@]2(C)CC1. The molecule has 31 heavy (non-hydrogen) atoms. The van der Waals surface area contributed by atoms with Crippen LogP contribution in [0.15, 0.2) is 23.3 Å². The molecule has 0 saturated heterocycles. The molecule has 4 aliphatic carbocycles. The van der Waals surface area contributed by atoms with Crippen LogP contribution in [0, 0.1) is 28.6 Å². The van der Waals surface area contributed by atoms with Gasteiger partial charge in [-0.1, -0.05) is 25.5 Å². The molecule has 0 aliphatic heterocycles. The zero-order valence-electron chi connectivity index (χ0n) is 19.7. The lowest BCUT2D eigenvalue weighted by atomic mass is 9.47. The Bertz CT molecular complexity index is 884. The first-order chi connectivity index (χ1) is 14.4. The monoisotopic (exact) mass is 428 g/mol. The van der Waals surface area contributed by atoms with Crippen LogP contribution in [0.4, 0.5) is 0 Å². The number of hydrogen-bond donors (Lipinski definition) is 0. The Kier molecular flexibility index (Phi) is 5.26. The zero-order valence-corrected chi connectivity index (χ0v) is 19.7. The molecule has 0 amide bonds. The van der Waals surface area contributed by atoms with Crippen LogP contribution in [0.2, 0.25) is 0 Å². The maximum atomic E-state index is 12.9. The van der Waals surface area contributed by atoms with E-state index in [1.165, 1.54) is 25.0 Å². The molecule has 0 aromatic carbocycles. The van der Waals surface area contributed by atoms with E-state index in [1.807, 2.05) is 0 Å². The second-order valence-electron chi connectivity index (χ2n) is 10.8. The van der Waals surface area contributed by atoms with Gasteiger partial charge < -0.3 is 9.47 Å². The van der Waals surface area contributed by atoms with Gasteiger partial charge in [-0.3, -0.25) is 14.4 Å². The van der Waals surface area contributed by atoms with Gasteiger partial charge in [0, 0.05) is 19.3 Å². The van der Waals surface area contributed by atoms with Crippen LogP contribution in [-0.4, -0.2) is 29.4 Å². The third kappa shape index (κ3) is 3.14. The summed E-state index contributed by atoms with van der Waals surface area (Å²) in [6, 6.07) is 0. The summed E-state index contributed by atoms with van der Waals surface area (Å²) in [6.45, 7) is 11.2. The maximum Gasteiger partial charge on any atom is 0.303 e. The molecule has 2 fully saturated rings. The van der Waals surface area contributed by atoms with Crippen molar-refractivity contribution in [2.24, 2.45) is 28.6 Å². The number of esters is 2. The molecule has 4 rings (SSSR count). The number of carbonyl (C=O) groups is 3. The highest BCUT2D eigenvalue weighted by Gasteiger charge is 2.67. The van der Waals surface area contributed by atoms with Gasteiger partial charge in [-0.2, -0.15) is 0 Å². The van der Waals surface area contributed by atoms with Crippen LogP contribution in [0.3, 0.4) is 0 Å². The van der Waals surface area contributed by atoms with Crippen molar-refractivity contribution in [3.63, 3.8) is 0 Å². The van der Waals surface area contributed by atoms with Gasteiger partial charge in [-0.05, 0) is 87.2 Å². The predicted molar refractivity (Wildman–Crippen MR) is 117 cm³/mol. The molecule has 0 N–H and O–H groups in total. The average molecular weight is 429 g/mol. The molecule has 0 unspecified atom stereocenters. The molecule has 5 heteroatoms. The number of ether oxygens (including phenoxy) is 2. The Morgan fingerprint density at radius 2 is 1.58 bits per heavy atom. The molecule has 7 atom stereocenters. The largest absolute Gasteiger partial charge is 0.458 e. The van der Waals surface area contributed by atoms with Gasteiger partial charge in [0.25, 0.3) is 0 Å². The van der Waals surface area contributed by atoms with E-state index in [1.54, 1.807) is 6.92 Å². The Balaban J connectivity index is 1.73. The van der Waals surface area contributed by atoms with Crippen molar-refractivity contribution >= 4 is 17.7 Å². The number of allylic oxidation sites excluding steroid dienone is 3. The van der Waals surface area contributed by atoms with Crippen LogP contribution >= 0.6 is 0 Å². The lowest BCUT2D eigenvalue weighted by Gasteiger charge is -2.58. The molecular weight excluding hydrogens is 392 g/mol.